The van der Waals surface area contributed by atoms with Gasteiger partial charge in [-0.3, -0.25) is 4.79 Å². The summed E-state index contributed by atoms with van der Waals surface area (Å²) in [7, 11) is 0. The minimum Gasteiger partial charge on any atom is -0.483 e. The van der Waals surface area contributed by atoms with E-state index in [1.807, 2.05) is 42.5 Å². The van der Waals surface area contributed by atoms with Gasteiger partial charge in [0, 0.05) is 11.6 Å². The second kappa shape index (κ2) is 6.81. The van der Waals surface area contributed by atoms with Crippen LogP contribution in [-0.2, 0) is 9.53 Å². The third kappa shape index (κ3) is 3.59. The summed E-state index contributed by atoms with van der Waals surface area (Å²) in [5.74, 6) is 0.605. The van der Waals surface area contributed by atoms with E-state index in [1.54, 1.807) is 12.1 Å². The highest BCUT2D eigenvalue weighted by Gasteiger charge is 2.30. The summed E-state index contributed by atoms with van der Waals surface area (Å²) in [5.41, 5.74) is 0.999. The van der Waals surface area contributed by atoms with Crippen molar-refractivity contribution in [2.24, 2.45) is 0 Å². The van der Waals surface area contributed by atoms with E-state index in [4.69, 9.17) is 21.1 Å². The molecule has 0 spiro atoms. The molecule has 0 saturated carbocycles. The number of benzene rings is 2. The Labute approximate surface area is 134 Å². The highest BCUT2D eigenvalue weighted by Crippen LogP contribution is 2.28. The van der Waals surface area contributed by atoms with Crippen molar-refractivity contribution in [1.82, 2.24) is 5.32 Å². The fraction of sp³-hybridized carbons (Fsp3) is 0.235. The largest absolute Gasteiger partial charge is 0.483 e. The maximum absolute atomic E-state index is 11.3. The fourth-order valence-electron chi connectivity index (χ4n) is 2.36. The minimum atomic E-state index is -0.303. The van der Waals surface area contributed by atoms with Crippen LogP contribution in [0.1, 0.15) is 11.7 Å². The van der Waals surface area contributed by atoms with Crippen molar-refractivity contribution in [2.45, 2.75) is 12.2 Å². The van der Waals surface area contributed by atoms with Gasteiger partial charge in [0.25, 0.3) is 0 Å². The molecule has 3 rings (SSSR count). The second-order valence-corrected chi connectivity index (χ2v) is 5.49. The molecule has 0 aliphatic carbocycles. The van der Waals surface area contributed by atoms with Crippen LogP contribution in [0, 0.1) is 0 Å². The van der Waals surface area contributed by atoms with E-state index < -0.39 is 0 Å². The van der Waals surface area contributed by atoms with Crippen molar-refractivity contribution in [3.8, 4) is 5.75 Å². The van der Waals surface area contributed by atoms with Crippen LogP contribution in [0.4, 0.5) is 0 Å². The summed E-state index contributed by atoms with van der Waals surface area (Å²) in [5, 5.41) is 3.47. The first-order chi connectivity index (χ1) is 10.7. The number of amides is 1. The molecule has 1 aliphatic heterocycles. The highest BCUT2D eigenvalue weighted by molar-refractivity contribution is 6.30. The molecule has 1 aliphatic rings. The van der Waals surface area contributed by atoms with Gasteiger partial charge in [-0.25, -0.2) is 0 Å². The maximum Gasteiger partial charge on any atom is 0.246 e. The number of nitrogens with one attached hydrogen (secondary N) is 1. The molecule has 2 unspecified atom stereocenters. The smallest absolute Gasteiger partial charge is 0.246 e. The number of carbonyl (C=O) groups is 1. The zero-order chi connectivity index (χ0) is 15.4. The molecule has 2 aromatic carbocycles. The molecule has 1 N–H and O–H groups in total. The summed E-state index contributed by atoms with van der Waals surface area (Å²) >= 11 is 5.90. The number of hydrogen-bond acceptors (Lipinski definition) is 3. The fourth-order valence-corrected chi connectivity index (χ4v) is 2.49. The van der Waals surface area contributed by atoms with Crippen molar-refractivity contribution < 1.29 is 14.3 Å². The van der Waals surface area contributed by atoms with Crippen molar-refractivity contribution in [2.75, 3.05) is 13.2 Å². The first-order valence-corrected chi connectivity index (χ1v) is 7.45. The molecule has 2 atom stereocenters. The van der Waals surface area contributed by atoms with E-state index in [-0.39, 0.29) is 24.7 Å². The van der Waals surface area contributed by atoms with E-state index in [0.29, 0.717) is 17.3 Å². The Morgan fingerprint density at radius 1 is 1.14 bits per heavy atom. The first-order valence-electron chi connectivity index (χ1n) is 7.08. The monoisotopic (exact) mass is 317 g/mol. The van der Waals surface area contributed by atoms with E-state index in [9.17, 15) is 4.79 Å². The molecular weight excluding hydrogens is 302 g/mol. The molecule has 1 saturated heterocycles. The van der Waals surface area contributed by atoms with Gasteiger partial charge in [-0.1, -0.05) is 41.9 Å². The first kappa shape index (κ1) is 14.9. The molecule has 114 valence electrons. The van der Waals surface area contributed by atoms with Gasteiger partial charge in [-0.15, -0.1) is 0 Å². The number of carbonyl (C=O) groups excluding carboxylic acids is 1. The van der Waals surface area contributed by atoms with Crippen LogP contribution in [0.2, 0.25) is 5.02 Å². The van der Waals surface area contributed by atoms with Crippen LogP contribution in [0.3, 0.4) is 0 Å². The van der Waals surface area contributed by atoms with Crippen LogP contribution in [0.15, 0.2) is 54.6 Å². The average Bonchev–Trinajstić information content (AvgIpc) is 2.56. The number of ether oxygens (including phenoxy) is 2. The van der Waals surface area contributed by atoms with Crippen molar-refractivity contribution in [3.63, 3.8) is 0 Å². The minimum absolute atomic E-state index is 0.0535. The topological polar surface area (TPSA) is 47.6 Å². The predicted molar refractivity (Wildman–Crippen MR) is 84.0 cm³/mol. The third-order valence-electron chi connectivity index (χ3n) is 3.47. The lowest BCUT2D eigenvalue weighted by Crippen LogP contribution is -2.46. The molecule has 1 fully saturated rings. The molecule has 5 heteroatoms. The second-order valence-electron chi connectivity index (χ2n) is 5.06. The number of hydrogen-bond donors (Lipinski definition) is 1. The Hall–Kier alpha value is -2.04. The lowest BCUT2D eigenvalue weighted by molar-refractivity contribution is -0.137. The van der Waals surface area contributed by atoms with E-state index in [0.717, 1.165) is 5.56 Å². The summed E-state index contributed by atoms with van der Waals surface area (Å²) in [6.07, 6.45) is -0.543. The van der Waals surface area contributed by atoms with Crippen LogP contribution >= 0.6 is 11.6 Å². The standard InChI is InChI=1S/C17H16ClNO3/c18-13-6-8-14(9-7-13)22-17(12-4-2-1-3-5-12)15-10-19-16(20)11-21-15/h1-9,15,17H,10-11H2,(H,19,20). The van der Waals surface area contributed by atoms with Gasteiger partial charge in [0.1, 0.15) is 18.5 Å². The highest BCUT2D eigenvalue weighted by atomic mass is 35.5. The van der Waals surface area contributed by atoms with Gasteiger partial charge in [0.2, 0.25) is 5.91 Å². The maximum atomic E-state index is 11.3. The summed E-state index contributed by atoms with van der Waals surface area (Å²) < 4.78 is 11.7. The van der Waals surface area contributed by atoms with Gasteiger partial charge < -0.3 is 14.8 Å². The van der Waals surface area contributed by atoms with Crippen molar-refractivity contribution >= 4 is 17.5 Å². The van der Waals surface area contributed by atoms with Crippen LogP contribution < -0.4 is 10.1 Å². The van der Waals surface area contributed by atoms with Gasteiger partial charge >= 0.3 is 0 Å². The Morgan fingerprint density at radius 2 is 1.86 bits per heavy atom. The normalized spacial score (nSPS) is 19.3. The Kier molecular flexibility index (Phi) is 4.61. The molecule has 1 heterocycles. The Bertz CT molecular complexity index is 620. The molecule has 2 aromatic rings. The van der Waals surface area contributed by atoms with Crippen molar-refractivity contribution in [1.29, 1.82) is 0 Å². The van der Waals surface area contributed by atoms with Crippen LogP contribution in [-0.4, -0.2) is 25.2 Å². The van der Waals surface area contributed by atoms with Gasteiger partial charge in [-0.2, -0.15) is 0 Å². The number of halogens is 1. The molecule has 0 radical (unpaired) electrons. The summed E-state index contributed by atoms with van der Waals surface area (Å²) in [6.45, 7) is 0.476. The molecule has 0 aromatic heterocycles. The summed E-state index contributed by atoms with van der Waals surface area (Å²) in [6, 6.07) is 17.0. The van der Waals surface area contributed by atoms with Gasteiger partial charge in [0.15, 0.2) is 6.10 Å². The van der Waals surface area contributed by atoms with E-state index >= 15 is 0 Å². The van der Waals surface area contributed by atoms with E-state index in [1.165, 1.54) is 0 Å². The Morgan fingerprint density at radius 3 is 2.50 bits per heavy atom. The van der Waals surface area contributed by atoms with Crippen LogP contribution in [0.25, 0.3) is 0 Å². The average molecular weight is 318 g/mol. The predicted octanol–water partition coefficient (Wildman–Crippen LogP) is 2.98. The Balaban J connectivity index is 1.82. The third-order valence-corrected chi connectivity index (χ3v) is 3.72. The quantitative estimate of drug-likeness (QED) is 0.943. The number of morpholine rings is 1. The lowest BCUT2D eigenvalue weighted by Gasteiger charge is -2.31. The SMILES string of the molecule is O=C1COC(C(Oc2ccc(Cl)cc2)c2ccccc2)CN1. The zero-order valence-electron chi connectivity index (χ0n) is 11.9. The number of rotatable bonds is 4. The molecule has 22 heavy (non-hydrogen) atoms. The van der Waals surface area contributed by atoms with Gasteiger partial charge in [0.05, 0.1) is 0 Å². The lowest BCUT2D eigenvalue weighted by atomic mass is 10.0. The zero-order valence-corrected chi connectivity index (χ0v) is 12.6. The van der Waals surface area contributed by atoms with Gasteiger partial charge in [-0.05, 0) is 29.8 Å². The molecule has 4 nitrogen and oxygen atoms in total. The summed E-state index contributed by atoms with van der Waals surface area (Å²) in [4.78, 5) is 11.3. The molecular formula is C17H16ClNO3. The van der Waals surface area contributed by atoms with E-state index in [2.05, 4.69) is 5.32 Å². The van der Waals surface area contributed by atoms with Crippen molar-refractivity contribution in [3.05, 3.63) is 65.2 Å². The molecule has 1 amide bonds. The molecule has 0 bridgehead atoms. The van der Waals surface area contributed by atoms with Crippen LogP contribution in [0.5, 0.6) is 5.75 Å².